The van der Waals surface area contributed by atoms with E-state index >= 15 is 0 Å². The summed E-state index contributed by atoms with van der Waals surface area (Å²) in [5.74, 6) is -3.20. The van der Waals surface area contributed by atoms with Crippen molar-refractivity contribution in [1.82, 2.24) is 0 Å². The summed E-state index contributed by atoms with van der Waals surface area (Å²) in [5.41, 5.74) is 4.32. The molecule has 4 nitrogen and oxygen atoms in total. The SMILES string of the molecule is CC(C)(C(N)=O)c1cccc(F)c1F.CC1(C)C(=O)Nc2c(F)cccc21. The number of hydrogen-bond acceptors (Lipinski definition) is 2. The number of para-hydroxylation sites is 1. The third-order valence-corrected chi connectivity index (χ3v) is 4.73. The van der Waals surface area contributed by atoms with Gasteiger partial charge >= 0.3 is 0 Å². The van der Waals surface area contributed by atoms with Gasteiger partial charge in [-0.15, -0.1) is 0 Å². The van der Waals surface area contributed by atoms with Crippen LogP contribution in [0.4, 0.5) is 18.9 Å². The molecule has 0 radical (unpaired) electrons. The minimum Gasteiger partial charge on any atom is -0.369 e. The number of rotatable bonds is 2. The van der Waals surface area contributed by atoms with Crippen LogP contribution in [0.1, 0.15) is 38.8 Å². The van der Waals surface area contributed by atoms with E-state index in [1.165, 1.54) is 32.0 Å². The Morgan fingerprint density at radius 3 is 2.15 bits per heavy atom. The molecule has 0 atom stereocenters. The maximum atomic E-state index is 13.3. The van der Waals surface area contributed by atoms with Crippen LogP contribution in [0.25, 0.3) is 0 Å². The summed E-state index contributed by atoms with van der Waals surface area (Å²) in [7, 11) is 0. The van der Waals surface area contributed by atoms with Crippen LogP contribution in [0.3, 0.4) is 0 Å². The van der Waals surface area contributed by atoms with Crippen molar-refractivity contribution in [1.29, 1.82) is 0 Å². The Balaban J connectivity index is 0.000000194. The zero-order valence-corrected chi connectivity index (χ0v) is 15.5. The van der Waals surface area contributed by atoms with Gasteiger partial charge in [-0.25, -0.2) is 13.2 Å². The van der Waals surface area contributed by atoms with Crippen molar-refractivity contribution in [3.63, 3.8) is 0 Å². The van der Waals surface area contributed by atoms with Crippen molar-refractivity contribution < 1.29 is 22.8 Å². The number of fused-ring (bicyclic) bond motifs is 1. The van der Waals surface area contributed by atoms with Gasteiger partial charge in [0.15, 0.2) is 11.6 Å². The van der Waals surface area contributed by atoms with Gasteiger partial charge in [-0.05, 0) is 45.4 Å². The molecule has 144 valence electrons. The molecule has 0 unspecified atom stereocenters. The lowest BCUT2D eigenvalue weighted by Gasteiger charge is -2.21. The van der Waals surface area contributed by atoms with Gasteiger partial charge in [0, 0.05) is 5.56 Å². The summed E-state index contributed by atoms with van der Waals surface area (Å²) in [6, 6.07) is 8.44. The van der Waals surface area contributed by atoms with Crippen LogP contribution in [0.15, 0.2) is 36.4 Å². The number of hydrogen-bond donors (Lipinski definition) is 2. The molecular formula is C20H21F3N2O2. The maximum Gasteiger partial charge on any atom is 0.234 e. The highest BCUT2D eigenvalue weighted by Crippen LogP contribution is 2.38. The molecule has 2 aromatic rings. The zero-order valence-electron chi connectivity index (χ0n) is 15.5. The Hall–Kier alpha value is -2.83. The number of benzene rings is 2. The third-order valence-electron chi connectivity index (χ3n) is 4.73. The van der Waals surface area contributed by atoms with Crippen molar-refractivity contribution in [2.24, 2.45) is 5.73 Å². The number of nitrogens with one attached hydrogen (secondary N) is 1. The highest BCUT2D eigenvalue weighted by Gasteiger charge is 2.39. The van der Waals surface area contributed by atoms with Gasteiger partial charge in [0.05, 0.1) is 16.5 Å². The number of carbonyl (C=O) groups excluding carboxylic acids is 2. The summed E-state index contributed by atoms with van der Waals surface area (Å²) in [6.07, 6.45) is 0. The molecule has 1 aliphatic rings. The molecule has 0 bridgehead atoms. The first-order valence-electron chi connectivity index (χ1n) is 8.25. The number of carbonyl (C=O) groups is 2. The van der Waals surface area contributed by atoms with E-state index in [9.17, 15) is 22.8 Å². The van der Waals surface area contributed by atoms with E-state index in [1.807, 2.05) is 0 Å². The Labute approximate surface area is 155 Å². The lowest BCUT2D eigenvalue weighted by molar-refractivity contribution is -0.122. The normalized spacial score (nSPS) is 14.7. The van der Waals surface area contributed by atoms with Crippen molar-refractivity contribution in [3.8, 4) is 0 Å². The smallest absolute Gasteiger partial charge is 0.234 e. The van der Waals surface area contributed by atoms with Gasteiger partial charge in [0.1, 0.15) is 5.82 Å². The molecule has 0 aliphatic carbocycles. The second-order valence-electron chi connectivity index (χ2n) is 7.33. The fourth-order valence-electron chi connectivity index (χ4n) is 2.68. The van der Waals surface area contributed by atoms with Crippen LogP contribution < -0.4 is 11.1 Å². The zero-order chi connectivity index (χ0) is 20.6. The average Bonchev–Trinajstić information content (AvgIpc) is 2.82. The van der Waals surface area contributed by atoms with Gasteiger partial charge in [-0.3, -0.25) is 9.59 Å². The number of amides is 2. The van der Waals surface area contributed by atoms with E-state index in [0.717, 1.165) is 11.6 Å². The van der Waals surface area contributed by atoms with E-state index in [4.69, 9.17) is 5.73 Å². The Morgan fingerprint density at radius 1 is 1.04 bits per heavy atom. The molecule has 7 heteroatoms. The average molecular weight is 378 g/mol. The van der Waals surface area contributed by atoms with Gasteiger partial charge in [0.2, 0.25) is 11.8 Å². The highest BCUT2D eigenvalue weighted by molar-refractivity contribution is 6.05. The van der Waals surface area contributed by atoms with Gasteiger partial charge < -0.3 is 11.1 Å². The molecule has 0 saturated carbocycles. The van der Waals surface area contributed by atoms with Crippen LogP contribution >= 0.6 is 0 Å². The summed E-state index contributed by atoms with van der Waals surface area (Å²) in [4.78, 5) is 22.4. The summed E-state index contributed by atoms with van der Waals surface area (Å²) < 4.78 is 39.3. The lowest BCUT2D eigenvalue weighted by Crippen LogP contribution is -2.36. The van der Waals surface area contributed by atoms with Crippen molar-refractivity contribution in [2.75, 3.05) is 5.32 Å². The van der Waals surface area contributed by atoms with Gasteiger partial charge in [-0.2, -0.15) is 0 Å². The Kier molecular flexibility index (Phi) is 5.35. The minimum absolute atomic E-state index is 0.0231. The van der Waals surface area contributed by atoms with Crippen molar-refractivity contribution >= 4 is 17.5 Å². The number of halogens is 3. The molecule has 3 N–H and O–H groups in total. The molecule has 1 aliphatic heterocycles. The first-order chi connectivity index (χ1) is 12.4. The molecule has 0 saturated heterocycles. The molecular weight excluding hydrogens is 357 g/mol. The molecule has 2 amide bonds. The quantitative estimate of drug-likeness (QED) is 0.835. The topological polar surface area (TPSA) is 72.2 Å². The second-order valence-corrected chi connectivity index (χ2v) is 7.33. The highest BCUT2D eigenvalue weighted by atomic mass is 19.2. The van der Waals surface area contributed by atoms with Gasteiger partial charge in [-0.1, -0.05) is 24.3 Å². The van der Waals surface area contributed by atoms with E-state index in [2.05, 4.69) is 5.32 Å². The molecule has 0 fully saturated rings. The van der Waals surface area contributed by atoms with Crippen LogP contribution in [0.5, 0.6) is 0 Å². The summed E-state index contributed by atoms with van der Waals surface area (Å²) in [6.45, 7) is 6.47. The molecule has 3 rings (SSSR count). The lowest BCUT2D eigenvalue weighted by atomic mass is 9.83. The van der Waals surface area contributed by atoms with Crippen molar-refractivity contribution in [3.05, 3.63) is 65.0 Å². The maximum absolute atomic E-state index is 13.3. The number of anilines is 1. The molecule has 27 heavy (non-hydrogen) atoms. The fourth-order valence-corrected chi connectivity index (χ4v) is 2.68. The van der Waals surface area contributed by atoms with Crippen LogP contribution in [-0.4, -0.2) is 11.8 Å². The monoisotopic (exact) mass is 378 g/mol. The third kappa shape index (κ3) is 3.67. The summed E-state index contributed by atoms with van der Waals surface area (Å²) >= 11 is 0. The van der Waals surface area contributed by atoms with Gasteiger partial charge in [0.25, 0.3) is 0 Å². The van der Waals surface area contributed by atoms with Crippen LogP contribution in [0.2, 0.25) is 0 Å². The number of nitrogens with two attached hydrogens (primary N) is 1. The largest absolute Gasteiger partial charge is 0.369 e. The first kappa shape index (κ1) is 20.5. The molecule has 0 aromatic heterocycles. The molecule has 2 aromatic carbocycles. The Bertz CT molecular complexity index is 908. The standard InChI is InChI=1S/C10H11F2NO.C10H10FNO/c1-10(2,9(13)14)6-4-3-5-7(11)8(6)12;1-10(2)6-4-3-5-7(11)8(6)12-9(10)13/h3-5H,1-2H3,(H2,13,14);3-5H,1-2H3,(H,12,13). The first-order valence-corrected chi connectivity index (χ1v) is 8.25. The van der Waals surface area contributed by atoms with E-state index in [1.54, 1.807) is 26.0 Å². The number of primary amides is 1. The molecule has 1 heterocycles. The van der Waals surface area contributed by atoms with E-state index in [0.29, 0.717) is 5.69 Å². The molecule has 0 spiro atoms. The van der Waals surface area contributed by atoms with Crippen LogP contribution in [-0.2, 0) is 20.4 Å². The summed E-state index contributed by atoms with van der Waals surface area (Å²) in [5, 5.41) is 2.54. The predicted octanol–water partition coefficient (Wildman–Crippen LogP) is 3.78. The van der Waals surface area contributed by atoms with E-state index in [-0.39, 0.29) is 17.3 Å². The predicted molar refractivity (Wildman–Crippen MR) is 96.6 cm³/mol. The van der Waals surface area contributed by atoms with Crippen LogP contribution in [0, 0.1) is 17.5 Å². The second kappa shape index (κ2) is 7.06. The van der Waals surface area contributed by atoms with Crippen molar-refractivity contribution in [2.45, 2.75) is 38.5 Å². The van der Waals surface area contributed by atoms with E-state index < -0.39 is 28.4 Å². The Morgan fingerprint density at radius 2 is 1.59 bits per heavy atom. The fraction of sp³-hybridized carbons (Fsp3) is 0.300. The minimum atomic E-state index is -1.20.